The van der Waals surface area contributed by atoms with E-state index in [1.165, 1.54) is 16.3 Å². The lowest BCUT2D eigenvalue weighted by atomic mass is 10.0. The molecule has 4 heteroatoms. The van der Waals surface area contributed by atoms with Crippen molar-refractivity contribution in [3.63, 3.8) is 0 Å². The zero-order chi connectivity index (χ0) is 18.4. The van der Waals surface area contributed by atoms with Crippen LogP contribution in [-0.4, -0.2) is 24.4 Å². The van der Waals surface area contributed by atoms with Crippen molar-refractivity contribution in [1.29, 1.82) is 0 Å². The Morgan fingerprint density at radius 1 is 1.00 bits per heavy atom. The maximum Gasteiger partial charge on any atom is 0.0898 e. The van der Waals surface area contributed by atoms with E-state index in [0.717, 1.165) is 5.56 Å². The van der Waals surface area contributed by atoms with Crippen LogP contribution in [0.3, 0.4) is 0 Å². The number of ether oxygens (including phenoxy) is 1. The Kier molecular flexibility index (Phi) is 6.64. The number of nitrogens with one attached hydrogen (secondary N) is 1. The van der Waals surface area contributed by atoms with Gasteiger partial charge >= 0.3 is 0 Å². The molecule has 0 amide bonds. The average Bonchev–Trinajstić information content (AvgIpc) is 2.67. The van der Waals surface area contributed by atoms with Gasteiger partial charge in [0.1, 0.15) is 0 Å². The summed E-state index contributed by atoms with van der Waals surface area (Å²) < 4.78 is 5.58. The molecule has 0 aliphatic heterocycles. The zero-order valence-corrected chi connectivity index (χ0v) is 15.6. The van der Waals surface area contributed by atoms with Crippen LogP contribution in [-0.2, 0) is 11.3 Å². The van der Waals surface area contributed by atoms with Crippen molar-refractivity contribution in [2.45, 2.75) is 25.7 Å². The van der Waals surface area contributed by atoms with E-state index in [-0.39, 0.29) is 12.6 Å². The van der Waals surface area contributed by atoms with E-state index in [1.54, 1.807) is 0 Å². The molecule has 0 fully saturated rings. The van der Waals surface area contributed by atoms with E-state index in [4.69, 9.17) is 16.3 Å². The fourth-order valence-corrected chi connectivity index (χ4v) is 3.08. The summed E-state index contributed by atoms with van der Waals surface area (Å²) in [6.45, 7) is 3.23. The van der Waals surface area contributed by atoms with E-state index < -0.39 is 6.10 Å². The molecular weight excluding hydrogens is 346 g/mol. The molecule has 0 unspecified atom stereocenters. The minimum atomic E-state index is -0.569. The number of hydrogen-bond acceptors (Lipinski definition) is 3. The number of halogens is 1. The van der Waals surface area contributed by atoms with Gasteiger partial charge in [-0.25, -0.2) is 0 Å². The highest BCUT2D eigenvalue weighted by Crippen LogP contribution is 2.20. The van der Waals surface area contributed by atoms with E-state index in [2.05, 4.69) is 42.6 Å². The SMILES string of the molecule is C[C@@H](NC[C@H](O)COCc1ccccc1Cl)c1ccc2ccccc2c1. The standard InChI is InChI=1S/C22H24ClNO2/c1-16(18-11-10-17-6-2-3-7-19(17)12-18)24-13-21(25)15-26-14-20-8-4-5-9-22(20)23/h2-12,16,21,24-25H,13-15H2,1H3/t16-,21+/m1/s1. The molecule has 0 aliphatic rings. The van der Waals surface area contributed by atoms with Gasteiger partial charge in [-0.1, -0.05) is 66.2 Å². The minimum absolute atomic E-state index is 0.151. The summed E-state index contributed by atoms with van der Waals surface area (Å²) in [5.74, 6) is 0. The second-order valence-corrected chi connectivity index (χ2v) is 6.90. The predicted molar refractivity (Wildman–Crippen MR) is 107 cm³/mol. The van der Waals surface area contributed by atoms with Crippen LogP contribution in [0.25, 0.3) is 10.8 Å². The maximum atomic E-state index is 10.1. The summed E-state index contributed by atoms with van der Waals surface area (Å²) in [7, 11) is 0. The third kappa shape index (κ3) is 5.05. The van der Waals surface area contributed by atoms with E-state index in [0.29, 0.717) is 18.2 Å². The second kappa shape index (κ2) is 9.15. The smallest absolute Gasteiger partial charge is 0.0898 e. The Hall–Kier alpha value is -1.91. The Morgan fingerprint density at radius 3 is 2.54 bits per heavy atom. The van der Waals surface area contributed by atoms with Gasteiger partial charge in [0.05, 0.1) is 19.3 Å². The minimum Gasteiger partial charge on any atom is -0.389 e. The number of aliphatic hydroxyl groups excluding tert-OH is 1. The third-order valence-corrected chi connectivity index (χ3v) is 4.83. The lowest BCUT2D eigenvalue weighted by Crippen LogP contribution is -2.32. The lowest BCUT2D eigenvalue weighted by molar-refractivity contribution is 0.0278. The average molecular weight is 370 g/mol. The molecule has 3 nitrogen and oxygen atoms in total. The van der Waals surface area contributed by atoms with Gasteiger partial charge in [0, 0.05) is 17.6 Å². The zero-order valence-electron chi connectivity index (χ0n) is 14.9. The van der Waals surface area contributed by atoms with Crippen molar-refractivity contribution in [2.24, 2.45) is 0 Å². The first kappa shape index (κ1) is 18.9. The Labute approximate surface area is 159 Å². The van der Waals surface area contributed by atoms with Crippen LogP contribution in [0.5, 0.6) is 0 Å². The van der Waals surface area contributed by atoms with Crippen molar-refractivity contribution >= 4 is 22.4 Å². The summed E-state index contributed by atoms with van der Waals surface area (Å²) in [6, 6.07) is 22.5. The number of fused-ring (bicyclic) bond motifs is 1. The van der Waals surface area contributed by atoms with Gasteiger partial charge in [0.2, 0.25) is 0 Å². The Balaban J connectivity index is 1.45. The Bertz CT molecular complexity index is 852. The van der Waals surface area contributed by atoms with Crippen LogP contribution in [0, 0.1) is 0 Å². The predicted octanol–water partition coefficient (Wildman–Crippen LogP) is 4.72. The molecule has 2 N–H and O–H groups in total. The van der Waals surface area contributed by atoms with Crippen molar-refractivity contribution in [3.8, 4) is 0 Å². The number of benzene rings is 3. The highest BCUT2D eigenvalue weighted by Gasteiger charge is 2.10. The maximum absolute atomic E-state index is 10.1. The topological polar surface area (TPSA) is 41.5 Å². The molecule has 0 aliphatic carbocycles. The Morgan fingerprint density at radius 2 is 1.73 bits per heavy atom. The first-order valence-electron chi connectivity index (χ1n) is 8.85. The van der Waals surface area contributed by atoms with Gasteiger partial charge in [0.25, 0.3) is 0 Å². The van der Waals surface area contributed by atoms with E-state index in [1.807, 2.05) is 36.4 Å². The van der Waals surface area contributed by atoms with Crippen molar-refractivity contribution in [1.82, 2.24) is 5.32 Å². The summed E-state index contributed by atoms with van der Waals surface area (Å²) in [4.78, 5) is 0. The molecule has 0 saturated heterocycles. The van der Waals surface area contributed by atoms with Crippen LogP contribution in [0.15, 0.2) is 66.7 Å². The first-order valence-corrected chi connectivity index (χ1v) is 9.22. The lowest BCUT2D eigenvalue weighted by Gasteiger charge is -2.18. The molecule has 0 radical (unpaired) electrons. The van der Waals surface area contributed by atoms with Crippen LogP contribution in [0.4, 0.5) is 0 Å². The van der Waals surface area contributed by atoms with Gasteiger partial charge in [0.15, 0.2) is 0 Å². The van der Waals surface area contributed by atoms with Crippen LogP contribution < -0.4 is 5.32 Å². The van der Waals surface area contributed by atoms with E-state index in [9.17, 15) is 5.11 Å². The fourth-order valence-electron chi connectivity index (χ4n) is 2.89. The molecule has 136 valence electrons. The number of aliphatic hydroxyl groups is 1. The van der Waals surface area contributed by atoms with Gasteiger partial charge in [-0.15, -0.1) is 0 Å². The summed E-state index contributed by atoms with van der Waals surface area (Å²) in [5, 5.41) is 16.7. The summed E-state index contributed by atoms with van der Waals surface area (Å²) in [6.07, 6.45) is -0.569. The second-order valence-electron chi connectivity index (χ2n) is 6.50. The molecule has 0 aromatic heterocycles. The monoisotopic (exact) mass is 369 g/mol. The molecule has 2 atom stereocenters. The number of rotatable bonds is 8. The summed E-state index contributed by atoms with van der Waals surface area (Å²) >= 11 is 6.10. The molecule has 0 saturated carbocycles. The molecular formula is C22H24ClNO2. The van der Waals surface area contributed by atoms with Crippen LogP contribution >= 0.6 is 11.6 Å². The summed E-state index contributed by atoms with van der Waals surface area (Å²) in [5.41, 5.74) is 2.13. The highest BCUT2D eigenvalue weighted by molar-refractivity contribution is 6.31. The molecule has 3 aromatic carbocycles. The van der Waals surface area contributed by atoms with E-state index >= 15 is 0 Å². The fraction of sp³-hybridized carbons (Fsp3) is 0.273. The van der Waals surface area contributed by atoms with Crippen LogP contribution in [0.1, 0.15) is 24.1 Å². The molecule has 3 aromatic rings. The van der Waals surface area contributed by atoms with Crippen molar-refractivity contribution in [3.05, 3.63) is 82.9 Å². The number of hydrogen-bond donors (Lipinski definition) is 2. The normalized spacial score (nSPS) is 13.7. The third-order valence-electron chi connectivity index (χ3n) is 4.46. The molecule has 26 heavy (non-hydrogen) atoms. The molecule has 0 heterocycles. The first-order chi connectivity index (χ1) is 12.6. The van der Waals surface area contributed by atoms with Crippen molar-refractivity contribution in [2.75, 3.05) is 13.2 Å². The highest BCUT2D eigenvalue weighted by atomic mass is 35.5. The van der Waals surface area contributed by atoms with Gasteiger partial charge in [-0.05, 0) is 41.0 Å². The largest absolute Gasteiger partial charge is 0.389 e. The van der Waals surface area contributed by atoms with Crippen LogP contribution in [0.2, 0.25) is 5.02 Å². The van der Waals surface area contributed by atoms with Crippen molar-refractivity contribution < 1.29 is 9.84 Å². The molecule has 3 rings (SSSR count). The molecule has 0 spiro atoms. The quantitative estimate of drug-likeness (QED) is 0.603. The van der Waals surface area contributed by atoms with Gasteiger partial charge < -0.3 is 15.2 Å². The van der Waals surface area contributed by atoms with Gasteiger partial charge in [-0.2, -0.15) is 0 Å². The molecule has 0 bridgehead atoms. The van der Waals surface area contributed by atoms with Gasteiger partial charge in [-0.3, -0.25) is 0 Å².